The van der Waals surface area contributed by atoms with Crippen LogP contribution in [0.4, 0.5) is 17.1 Å². The first-order valence-electron chi connectivity index (χ1n) is 6.46. The van der Waals surface area contributed by atoms with Gasteiger partial charge in [0.25, 0.3) is 0 Å². The highest BCUT2D eigenvalue weighted by atomic mass is 16.4. The molecule has 0 heterocycles. The Hall–Kier alpha value is -3.00. The van der Waals surface area contributed by atoms with Crippen LogP contribution in [0.1, 0.15) is 16.8 Å². The second-order valence-corrected chi connectivity index (χ2v) is 4.48. The van der Waals surface area contributed by atoms with Crippen molar-refractivity contribution in [3.63, 3.8) is 0 Å². The molecule has 0 aliphatic carbocycles. The SMILES string of the molecule is N#CCCN(c1ccccc1)c1cc(N)ccc1C(=O)O. The number of para-hydroxylation sites is 1. The molecule has 0 aromatic heterocycles. The molecule has 0 radical (unpaired) electrons. The number of nitrogen functional groups attached to an aromatic ring is 1. The number of carboxylic acids is 1. The van der Waals surface area contributed by atoms with Crippen LogP contribution in [0.3, 0.4) is 0 Å². The molecule has 0 spiro atoms. The number of carbonyl (C=O) groups is 1. The van der Waals surface area contributed by atoms with Gasteiger partial charge < -0.3 is 15.7 Å². The standard InChI is InChI=1S/C16H15N3O2/c17-9-4-10-19(13-5-2-1-3-6-13)15-11-12(18)7-8-14(15)16(20)21/h1-3,5-8,11H,4,10,18H2,(H,20,21). The first kappa shape index (κ1) is 14.4. The highest BCUT2D eigenvalue weighted by Crippen LogP contribution is 2.30. The van der Waals surface area contributed by atoms with Crippen molar-refractivity contribution in [2.45, 2.75) is 6.42 Å². The third-order valence-electron chi connectivity index (χ3n) is 3.06. The van der Waals surface area contributed by atoms with Crippen molar-refractivity contribution in [3.05, 3.63) is 54.1 Å². The van der Waals surface area contributed by atoms with E-state index in [-0.39, 0.29) is 12.0 Å². The van der Waals surface area contributed by atoms with Gasteiger partial charge in [-0.15, -0.1) is 0 Å². The maximum Gasteiger partial charge on any atom is 0.337 e. The Morgan fingerprint density at radius 3 is 2.57 bits per heavy atom. The molecule has 0 atom stereocenters. The van der Waals surface area contributed by atoms with Crippen LogP contribution in [0.5, 0.6) is 0 Å². The van der Waals surface area contributed by atoms with Gasteiger partial charge in [0.1, 0.15) is 0 Å². The predicted octanol–water partition coefficient (Wildman–Crippen LogP) is 3.02. The van der Waals surface area contributed by atoms with Crippen LogP contribution < -0.4 is 10.6 Å². The second-order valence-electron chi connectivity index (χ2n) is 4.48. The average Bonchev–Trinajstić information content (AvgIpc) is 2.48. The van der Waals surface area contributed by atoms with Gasteiger partial charge in [0.15, 0.2) is 0 Å². The van der Waals surface area contributed by atoms with Crippen LogP contribution >= 0.6 is 0 Å². The summed E-state index contributed by atoms with van der Waals surface area (Å²) in [5, 5.41) is 18.2. The summed E-state index contributed by atoms with van der Waals surface area (Å²) in [7, 11) is 0. The third kappa shape index (κ3) is 3.31. The van der Waals surface area contributed by atoms with E-state index < -0.39 is 5.97 Å². The summed E-state index contributed by atoms with van der Waals surface area (Å²) < 4.78 is 0. The maximum absolute atomic E-state index is 11.4. The van der Waals surface area contributed by atoms with Crippen LogP contribution in [0.15, 0.2) is 48.5 Å². The first-order valence-corrected chi connectivity index (χ1v) is 6.46. The van der Waals surface area contributed by atoms with E-state index in [1.54, 1.807) is 17.0 Å². The number of hydrogen-bond donors (Lipinski definition) is 2. The summed E-state index contributed by atoms with van der Waals surface area (Å²) >= 11 is 0. The molecule has 0 aliphatic rings. The fourth-order valence-electron chi connectivity index (χ4n) is 2.11. The van der Waals surface area contributed by atoms with Gasteiger partial charge in [-0.05, 0) is 30.3 Å². The van der Waals surface area contributed by atoms with Gasteiger partial charge in [-0.3, -0.25) is 0 Å². The van der Waals surface area contributed by atoms with Crippen LogP contribution in [0.2, 0.25) is 0 Å². The minimum atomic E-state index is -1.03. The Balaban J connectivity index is 2.53. The minimum Gasteiger partial charge on any atom is -0.478 e. The van der Waals surface area contributed by atoms with Gasteiger partial charge in [-0.25, -0.2) is 4.79 Å². The Kier molecular flexibility index (Phi) is 4.42. The zero-order chi connectivity index (χ0) is 15.2. The number of nitrogens with two attached hydrogens (primary N) is 1. The van der Waals surface area contributed by atoms with E-state index in [0.29, 0.717) is 17.9 Å². The van der Waals surface area contributed by atoms with Gasteiger partial charge in [-0.1, -0.05) is 18.2 Å². The van der Waals surface area contributed by atoms with Gasteiger partial charge in [0.05, 0.1) is 23.7 Å². The molecule has 0 unspecified atom stereocenters. The van der Waals surface area contributed by atoms with E-state index in [4.69, 9.17) is 11.0 Å². The molecule has 0 aliphatic heterocycles. The molecule has 2 aromatic carbocycles. The van der Waals surface area contributed by atoms with E-state index in [1.165, 1.54) is 6.07 Å². The van der Waals surface area contributed by atoms with Crippen molar-refractivity contribution in [3.8, 4) is 6.07 Å². The molecule has 0 saturated heterocycles. The lowest BCUT2D eigenvalue weighted by molar-refractivity contribution is 0.0697. The molecule has 5 heteroatoms. The second kappa shape index (κ2) is 6.44. The number of rotatable bonds is 5. The normalized spacial score (nSPS) is 9.86. The van der Waals surface area contributed by atoms with E-state index in [0.717, 1.165) is 5.69 Å². The lowest BCUT2D eigenvalue weighted by atomic mass is 10.1. The molecule has 0 saturated carbocycles. The van der Waals surface area contributed by atoms with Gasteiger partial charge in [0.2, 0.25) is 0 Å². The molecular weight excluding hydrogens is 266 g/mol. The molecular formula is C16H15N3O2. The number of aromatic carboxylic acids is 1. The van der Waals surface area contributed by atoms with Crippen LogP contribution in [-0.4, -0.2) is 17.6 Å². The molecule has 2 aromatic rings. The van der Waals surface area contributed by atoms with E-state index in [1.807, 2.05) is 30.3 Å². The number of hydrogen-bond acceptors (Lipinski definition) is 4. The largest absolute Gasteiger partial charge is 0.478 e. The van der Waals surface area contributed by atoms with E-state index in [2.05, 4.69) is 6.07 Å². The van der Waals surface area contributed by atoms with Crippen LogP contribution in [0.25, 0.3) is 0 Å². The highest BCUT2D eigenvalue weighted by Gasteiger charge is 2.17. The van der Waals surface area contributed by atoms with Crippen molar-refractivity contribution in [1.29, 1.82) is 5.26 Å². The van der Waals surface area contributed by atoms with Crippen molar-refractivity contribution < 1.29 is 9.90 Å². The summed E-state index contributed by atoms with van der Waals surface area (Å²) in [6.45, 7) is 0.393. The molecule has 21 heavy (non-hydrogen) atoms. The van der Waals surface area contributed by atoms with Crippen molar-refractivity contribution in [1.82, 2.24) is 0 Å². The van der Waals surface area contributed by atoms with Crippen molar-refractivity contribution in [2.24, 2.45) is 0 Å². The predicted molar refractivity (Wildman–Crippen MR) is 81.5 cm³/mol. The van der Waals surface area contributed by atoms with E-state index >= 15 is 0 Å². The third-order valence-corrected chi connectivity index (χ3v) is 3.06. The lowest BCUT2D eigenvalue weighted by Gasteiger charge is -2.25. The smallest absolute Gasteiger partial charge is 0.337 e. The maximum atomic E-state index is 11.4. The van der Waals surface area contributed by atoms with Crippen molar-refractivity contribution in [2.75, 3.05) is 17.2 Å². The molecule has 3 N–H and O–H groups in total. The Morgan fingerprint density at radius 2 is 1.95 bits per heavy atom. The molecule has 2 rings (SSSR count). The summed E-state index contributed by atoms with van der Waals surface area (Å²) in [5.41, 5.74) is 7.74. The fraction of sp³-hybridized carbons (Fsp3) is 0.125. The number of carboxylic acid groups (broad SMARTS) is 1. The summed E-state index contributed by atoms with van der Waals surface area (Å²) in [4.78, 5) is 13.2. The molecule has 5 nitrogen and oxygen atoms in total. The molecule has 0 amide bonds. The molecule has 0 bridgehead atoms. The molecule has 106 valence electrons. The quantitative estimate of drug-likeness (QED) is 0.822. The van der Waals surface area contributed by atoms with Crippen LogP contribution in [0, 0.1) is 11.3 Å². The average molecular weight is 281 g/mol. The minimum absolute atomic E-state index is 0.158. The number of benzene rings is 2. The number of nitriles is 1. The lowest BCUT2D eigenvalue weighted by Crippen LogP contribution is -2.21. The number of nitrogens with zero attached hydrogens (tertiary/aromatic N) is 2. The van der Waals surface area contributed by atoms with Crippen molar-refractivity contribution >= 4 is 23.0 Å². The fourth-order valence-corrected chi connectivity index (χ4v) is 2.11. The zero-order valence-electron chi connectivity index (χ0n) is 11.4. The van der Waals surface area contributed by atoms with Gasteiger partial charge >= 0.3 is 5.97 Å². The zero-order valence-corrected chi connectivity index (χ0v) is 11.4. The highest BCUT2D eigenvalue weighted by molar-refractivity contribution is 5.96. The monoisotopic (exact) mass is 281 g/mol. The summed E-state index contributed by atoms with van der Waals surface area (Å²) in [6.07, 6.45) is 0.281. The summed E-state index contributed by atoms with van der Waals surface area (Å²) in [6, 6.07) is 16.1. The van der Waals surface area contributed by atoms with Crippen LogP contribution in [-0.2, 0) is 0 Å². The topological polar surface area (TPSA) is 90.4 Å². The van der Waals surface area contributed by atoms with Gasteiger partial charge in [0, 0.05) is 17.9 Å². The first-order chi connectivity index (χ1) is 10.1. The summed E-state index contributed by atoms with van der Waals surface area (Å²) in [5.74, 6) is -1.03. The molecule has 0 fully saturated rings. The van der Waals surface area contributed by atoms with Gasteiger partial charge in [-0.2, -0.15) is 5.26 Å². The number of anilines is 3. The van der Waals surface area contributed by atoms with E-state index in [9.17, 15) is 9.90 Å². The Labute approximate surface area is 122 Å². The Morgan fingerprint density at radius 1 is 1.24 bits per heavy atom. The Bertz CT molecular complexity index is 678.